The third-order valence-corrected chi connectivity index (χ3v) is 3.04. The van der Waals surface area contributed by atoms with Crippen LogP contribution in [0.1, 0.15) is 0 Å². The topological polar surface area (TPSA) is 12.0 Å². The molecule has 3 aromatic rings. The largest absolute Gasteiger partial charge is 0.388 e. The lowest BCUT2D eigenvalue weighted by Crippen LogP contribution is -1.88. The summed E-state index contributed by atoms with van der Waals surface area (Å²) in [6.07, 6.45) is 0. The van der Waals surface area contributed by atoms with E-state index in [1.54, 1.807) is 0 Å². The van der Waals surface area contributed by atoms with E-state index in [1.165, 1.54) is 16.5 Å². The molecular weight excluding hydrogens is 289 g/mol. The Labute approximate surface area is 131 Å². The molecule has 20 heavy (non-hydrogen) atoms. The molecule has 0 heterocycles. The predicted molar refractivity (Wildman–Crippen MR) is 92.2 cm³/mol. The fourth-order valence-corrected chi connectivity index (χ4v) is 2.00. The van der Waals surface area contributed by atoms with Gasteiger partial charge in [0.1, 0.15) is 0 Å². The van der Waals surface area contributed by atoms with Crippen molar-refractivity contribution in [3.05, 3.63) is 77.8 Å². The van der Waals surface area contributed by atoms with Crippen LogP contribution in [0.2, 0.25) is 5.02 Å². The molecule has 104 valence electrons. The molecule has 3 heteroatoms. The van der Waals surface area contributed by atoms with Crippen LogP contribution in [0.25, 0.3) is 10.8 Å². The van der Waals surface area contributed by atoms with Gasteiger partial charge in [0, 0.05) is 23.1 Å². The van der Waals surface area contributed by atoms with Gasteiger partial charge >= 0.3 is 0 Å². The highest BCUT2D eigenvalue weighted by molar-refractivity contribution is 6.30. The molecule has 0 unspecified atom stereocenters. The van der Waals surface area contributed by atoms with Crippen LogP contribution in [0.3, 0.4) is 0 Å². The summed E-state index contributed by atoms with van der Waals surface area (Å²) >= 11 is 5.54. The second-order valence-electron chi connectivity index (χ2n) is 4.07. The number of hydrogen-bond acceptors (Lipinski definition) is 1. The monoisotopic (exact) mass is 305 g/mol. The van der Waals surface area contributed by atoms with Gasteiger partial charge in [-0.1, -0.05) is 66.2 Å². The van der Waals surface area contributed by atoms with Crippen LogP contribution in [0.4, 0.5) is 5.69 Å². The Morgan fingerprint density at radius 1 is 0.750 bits per heavy atom. The van der Waals surface area contributed by atoms with Crippen LogP contribution in [-0.4, -0.2) is 7.05 Å². The molecule has 0 radical (unpaired) electrons. The Hall–Kier alpha value is -1.70. The van der Waals surface area contributed by atoms with Crippen LogP contribution >= 0.6 is 24.0 Å². The first-order valence-electron chi connectivity index (χ1n) is 6.17. The van der Waals surface area contributed by atoms with Crippen molar-refractivity contribution >= 4 is 40.5 Å². The van der Waals surface area contributed by atoms with Crippen molar-refractivity contribution in [2.45, 2.75) is 0 Å². The molecule has 0 saturated heterocycles. The van der Waals surface area contributed by atoms with Crippen LogP contribution in [0.5, 0.6) is 0 Å². The zero-order valence-electron chi connectivity index (χ0n) is 11.2. The fourth-order valence-electron chi connectivity index (χ4n) is 1.86. The highest BCUT2D eigenvalue weighted by Gasteiger charge is 1.95. The summed E-state index contributed by atoms with van der Waals surface area (Å²) in [5.74, 6) is 0. The maximum Gasteiger partial charge on any atom is 0.0417 e. The number of rotatable bonds is 1. The molecule has 3 rings (SSSR count). The number of fused-ring (bicyclic) bond motifs is 1. The zero-order chi connectivity index (χ0) is 13.5. The average molecular weight is 306 g/mol. The van der Waals surface area contributed by atoms with E-state index < -0.39 is 0 Å². The lowest BCUT2D eigenvalue weighted by atomic mass is 10.1. The molecule has 0 bridgehead atoms. The Kier molecular flexibility index (Phi) is 6.92. The van der Waals surface area contributed by atoms with Crippen LogP contribution < -0.4 is 5.32 Å². The number of benzene rings is 3. The van der Waals surface area contributed by atoms with Gasteiger partial charge in [-0.05, 0) is 23.6 Å². The minimum absolute atomic E-state index is 0. The third kappa shape index (κ3) is 4.44. The normalized spacial score (nSPS) is 9.10. The summed E-state index contributed by atoms with van der Waals surface area (Å²) < 4.78 is 0. The predicted octanol–water partition coefficient (Wildman–Crippen LogP) is 5.64. The summed E-state index contributed by atoms with van der Waals surface area (Å²) in [5.41, 5.74) is 1.19. The highest BCUT2D eigenvalue weighted by Crippen LogP contribution is 2.21. The molecule has 0 spiro atoms. The molecule has 0 atom stereocenters. The van der Waals surface area contributed by atoms with Gasteiger partial charge in [0.2, 0.25) is 0 Å². The summed E-state index contributed by atoms with van der Waals surface area (Å²) in [4.78, 5) is 0. The van der Waals surface area contributed by atoms with Crippen LogP contribution in [0.15, 0.2) is 72.8 Å². The van der Waals surface area contributed by atoms with Gasteiger partial charge in [0.25, 0.3) is 0 Å². The van der Waals surface area contributed by atoms with E-state index in [0.29, 0.717) is 0 Å². The van der Waals surface area contributed by atoms with Gasteiger partial charge in [-0.3, -0.25) is 0 Å². The van der Waals surface area contributed by atoms with Gasteiger partial charge in [0.15, 0.2) is 0 Å². The first-order valence-corrected chi connectivity index (χ1v) is 6.55. The average Bonchev–Trinajstić information content (AvgIpc) is 2.48. The lowest BCUT2D eigenvalue weighted by molar-refractivity contribution is 1.55. The molecule has 1 N–H and O–H groups in total. The van der Waals surface area contributed by atoms with Crippen molar-refractivity contribution in [2.75, 3.05) is 12.4 Å². The zero-order valence-corrected chi connectivity index (χ0v) is 12.8. The summed E-state index contributed by atoms with van der Waals surface area (Å²) in [7, 11) is 1.95. The molecule has 0 fully saturated rings. The number of hydrogen-bond donors (Lipinski definition) is 1. The lowest BCUT2D eigenvalue weighted by Gasteiger charge is -2.04. The minimum atomic E-state index is 0. The van der Waals surface area contributed by atoms with E-state index >= 15 is 0 Å². The molecular formula is C17H17Cl2N. The van der Waals surface area contributed by atoms with Crippen molar-refractivity contribution in [2.24, 2.45) is 0 Å². The van der Waals surface area contributed by atoms with Crippen molar-refractivity contribution < 1.29 is 0 Å². The number of anilines is 1. The van der Waals surface area contributed by atoms with Crippen molar-refractivity contribution in [1.82, 2.24) is 0 Å². The Morgan fingerprint density at radius 3 is 1.95 bits per heavy atom. The van der Waals surface area contributed by atoms with E-state index in [0.717, 1.165) is 5.02 Å². The third-order valence-electron chi connectivity index (χ3n) is 2.79. The van der Waals surface area contributed by atoms with Crippen LogP contribution in [0, 0.1) is 0 Å². The summed E-state index contributed by atoms with van der Waals surface area (Å²) in [5, 5.41) is 6.53. The van der Waals surface area contributed by atoms with Crippen molar-refractivity contribution in [3.63, 3.8) is 0 Å². The minimum Gasteiger partial charge on any atom is -0.388 e. The van der Waals surface area contributed by atoms with E-state index in [4.69, 9.17) is 11.6 Å². The van der Waals surface area contributed by atoms with Gasteiger partial charge in [-0.25, -0.2) is 0 Å². The molecule has 0 aromatic heterocycles. The quantitative estimate of drug-likeness (QED) is 0.613. The first kappa shape index (κ1) is 16.4. The smallest absolute Gasteiger partial charge is 0.0417 e. The maximum absolute atomic E-state index is 5.54. The Bertz CT molecular complexity index is 633. The fraction of sp³-hybridized carbons (Fsp3) is 0.0588. The Balaban J connectivity index is 0.000000216. The van der Waals surface area contributed by atoms with E-state index in [-0.39, 0.29) is 12.4 Å². The molecule has 0 aliphatic rings. The number of nitrogens with one attached hydrogen (secondary N) is 1. The maximum atomic E-state index is 5.54. The van der Waals surface area contributed by atoms with Gasteiger partial charge in [-0.2, -0.15) is 0 Å². The number of halogens is 2. The van der Waals surface area contributed by atoms with Gasteiger partial charge in [0.05, 0.1) is 0 Å². The molecule has 0 saturated carbocycles. The summed E-state index contributed by atoms with van der Waals surface area (Å²) in [6, 6.07) is 24.1. The molecule has 3 aromatic carbocycles. The second-order valence-corrected chi connectivity index (χ2v) is 4.51. The standard InChI is InChI=1S/C11H11N.C6H5Cl.ClH/c1-12-11-8-4-6-9-5-2-3-7-10(9)11;7-6-4-2-1-3-5-6;/h2-8,12H,1H3;1-5H;1H. The SMILES string of the molecule is CNc1cccc2ccccc12.Cl.Clc1ccccc1. The van der Waals surface area contributed by atoms with E-state index in [9.17, 15) is 0 Å². The second kappa shape index (κ2) is 8.47. The van der Waals surface area contributed by atoms with Gasteiger partial charge in [-0.15, -0.1) is 12.4 Å². The molecule has 0 aliphatic heterocycles. The molecule has 0 amide bonds. The van der Waals surface area contributed by atoms with Crippen LogP contribution in [-0.2, 0) is 0 Å². The first-order chi connectivity index (χ1) is 9.31. The van der Waals surface area contributed by atoms with E-state index in [1.807, 2.05) is 37.4 Å². The highest BCUT2D eigenvalue weighted by atomic mass is 35.5. The van der Waals surface area contributed by atoms with Crippen molar-refractivity contribution in [3.8, 4) is 0 Å². The Morgan fingerprint density at radius 2 is 1.35 bits per heavy atom. The van der Waals surface area contributed by atoms with E-state index in [2.05, 4.69) is 47.8 Å². The molecule has 1 nitrogen and oxygen atoms in total. The van der Waals surface area contributed by atoms with Gasteiger partial charge < -0.3 is 5.32 Å². The van der Waals surface area contributed by atoms with Crippen molar-refractivity contribution in [1.29, 1.82) is 0 Å². The molecule has 0 aliphatic carbocycles. The summed E-state index contributed by atoms with van der Waals surface area (Å²) in [6.45, 7) is 0.